The predicted molar refractivity (Wildman–Crippen MR) is 92.7 cm³/mol. The minimum Gasteiger partial charge on any atom is -0.449 e. The molecule has 2 aromatic heterocycles. The zero-order valence-corrected chi connectivity index (χ0v) is 13.3. The van der Waals surface area contributed by atoms with Crippen LogP contribution in [0.15, 0.2) is 62.5 Å². The van der Waals surface area contributed by atoms with Crippen molar-refractivity contribution in [3.63, 3.8) is 0 Å². The van der Waals surface area contributed by atoms with Crippen LogP contribution < -0.4 is 17.0 Å². The lowest BCUT2D eigenvalue weighted by Crippen LogP contribution is -2.41. The zero-order chi connectivity index (χ0) is 18.4. The fraction of sp³-hybridized carbons (Fsp3) is 0.0556. The van der Waals surface area contributed by atoms with Gasteiger partial charge in [-0.05, 0) is 24.3 Å². The molecule has 7 nitrogen and oxygen atoms in total. The van der Waals surface area contributed by atoms with Crippen LogP contribution in [0, 0.1) is 5.82 Å². The zero-order valence-electron chi connectivity index (χ0n) is 13.3. The van der Waals surface area contributed by atoms with Gasteiger partial charge in [0.05, 0.1) is 5.69 Å². The van der Waals surface area contributed by atoms with E-state index < -0.39 is 29.5 Å². The number of aromatic nitrogens is 2. The number of para-hydroxylation sites is 2. The fourth-order valence-electron chi connectivity index (χ4n) is 3.00. The van der Waals surface area contributed by atoms with E-state index in [9.17, 15) is 18.8 Å². The molecular formula is C18H12FN3O4. The molecule has 2 aromatic carbocycles. The maximum atomic E-state index is 14.2. The number of hydrogen-bond donors (Lipinski definition) is 1. The molecule has 0 unspecified atom stereocenters. The number of amides is 1. The van der Waals surface area contributed by atoms with Crippen molar-refractivity contribution < 1.29 is 13.6 Å². The summed E-state index contributed by atoms with van der Waals surface area (Å²) >= 11 is 0. The highest BCUT2D eigenvalue weighted by Crippen LogP contribution is 2.25. The molecule has 0 spiro atoms. The van der Waals surface area contributed by atoms with Crippen LogP contribution in [0.3, 0.4) is 0 Å². The van der Waals surface area contributed by atoms with E-state index in [1.165, 1.54) is 18.2 Å². The number of furan rings is 1. The second-order valence-corrected chi connectivity index (χ2v) is 5.70. The maximum absolute atomic E-state index is 14.2. The first kappa shape index (κ1) is 15.8. The summed E-state index contributed by atoms with van der Waals surface area (Å²) in [5.74, 6) is -1.54. The summed E-state index contributed by atoms with van der Waals surface area (Å²) in [6.07, 6.45) is 0. The number of rotatable bonds is 3. The Morgan fingerprint density at radius 1 is 1.08 bits per heavy atom. The average Bonchev–Trinajstić information content (AvgIpc) is 3.00. The highest BCUT2D eigenvalue weighted by molar-refractivity contribution is 6.02. The Hall–Kier alpha value is -3.68. The van der Waals surface area contributed by atoms with E-state index in [1.807, 2.05) is 0 Å². The van der Waals surface area contributed by atoms with Gasteiger partial charge in [0.25, 0.3) is 0 Å². The van der Waals surface area contributed by atoms with E-state index in [1.54, 1.807) is 24.3 Å². The molecule has 0 bridgehead atoms. The highest BCUT2D eigenvalue weighted by atomic mass is 19.1. The SMILES string of the molecule is NC(=O)Cn1c(=O)n(-c2ccccc2F)c(=O)c2oc3ccccc3c21. The summed E-state index contributed by atoms with van der Waals surface area (Å²) in [5.41, 5.74) is 3.70. The highest BCUT2D eigenvalue weighted by Gasteiger charge is 2.22. The van der Waals surface area contributed by atoms with Gasteiger partial charge in [0.15, 0.2) is 0 Å². The third-order valence-corrected chi connectivity index (χ3v) is 4.07. The molecule has 0 aliphatic carbocycles. The molecule has 2 heterocycles. The lowest BCUT2D eigenvalue weighted by molar-refractivity contribution is -0.118. The van der Waals surface area contributed by atoms with Gasteiger partial charge in [-0.2, -0.15) is 0 Å². The van der Waals surface area contributed by atoms with Gasteiger partial charge >= 0.3 is 11.2 Å². The molecule has 0 fully saturated rings. The quantitative estimate of drug-likeness (QED) is 0.603. The Labute approximate surface area is 144 Å². The van der Waals surface area contributed by atoms with Crippen LogP contribution in [0.25, 0.3) is 27.8 Å². The molecule has 0 aliphatic rings. The number of nitrogens with zero attached hydrogens (tertiary/aromatic N) is 2. The summed E-state index contributed by atoms with van der Waals surface area (Å²) in [5, 5.41) is 0.485. The number of hydrogen-bond acceptors (Lipinski definition) is 4. The minimum atomic E-state index is -0.877. The first-order chi connectivity index (χ1) is 12.5. The number of primary amides is 1. The van der Waals surface area contributed by atoms with Crippen molar-refractivity contribution in [1.29, 1.82) is 0 Å². The summed E-state index contributed by atoms with van der Waals surface area (Å²) in [6, 6.07) is 12.0. The van der Waals surface area contributed by atoms with Gasteiger partial charge in [-0.1, -0.05) is 24.3 Å². The summed E-state index contributed by atoms with van der Waals surface area (Å²) in [7, 11) is 0. The molecular weight excluding hydrogens is 341 g/mol. The van der Waals surface area contributed by atoms with Crippen molar-refractivity contribution in [2.75, 3.05) is 0 Å². The second kappa shape index (κ2) is 5.69. The summed E-state index contributed by atoms with van der Waals surface area (Å²) in [4.78, 5) is 37.3. The van der Waals surface area contributed by atoms with Crippen LogP contribution in [-0.2, 0) is 11.3 Å². The number of fused-ring (bicyclic) bond motifs is 3. The van der Waals surface area contributed by atoms with Gasteiger partial charge in [-0.25, -0.2) is 13.8 Å². The van der Waals surface area contributed by atoms with Crippen molar-refractivity contribution in [1.82, 2.24) is 9.13 Å². The Morgan fingerprint density at radius 2 is 1.77 bits per heavy atom. The number of carbonyl (C=O) groups is 1. The second-order valence-electron chi connectivity index (χ2n) is 5.70. The Morgan fingerprint density at radius 3 is 2.50 bits per heavy atom. The van der Waals surface area contributed by atoms with Crippen LogP contribution in [0.2, 0.25) is 0 Å². The fourth-order valence-corrected chi connectivity index (χ4v) is 3.00. The molecule has 1 amide bonds. The van der Waals surface area contributed by atoms with Crippen molar-refractivity contribution >= 4 is 28.0 Å². The van der Waals surface area contributed by atoms with E-state index in [4.69, 9.17) is 10.2 Å². The van der Waals surface area contributed by atoms with Gasteiger partial charge in [0, 0.05) is 5.39 Å². The van der Waals surface area contributed by atoms with E-state index in [-0.39, 0.29) is 16.8 Å². The molecule has 0 saturated heterocycles. The molecule has 4 aromatic rings. The molecule has 26 heavy (non-hydrogen) atoms. The monoisotopic (exact) mass is 353 g/mol. The lowest BCUT2D eigenvalue weighted by atomic mass is 10.2. The van der Waals surface area contributed by atoms with Crippen molar-refractivity contribution in [3.05, 3.63) is 75.2 Å². The third kappa shape index (κ3) is 2.23. The van der Waals surface area contributed by atoms with Crippen molar-refractivity contribution in [2.45, 2.75) is 6.54 Å². The van der Waals surface area contributed by atoms with Gasteiger partial charge in [-0.3, -0.25) is 14.2 Å². The van der Waals surface area contributed by atoms with Crippen molar-refractivity contribution in [3.8, 4) is 5.69 Å². The van der Waals surface area contributed by atoms with Gasteiger partial charge in [-0.15, -0.1) is 0 Å². The van der Waals surface area contributed by atoms with E-state index in [2.05, 4.69) is 0 Å². The Kier molecular flexibility index (Phi) is 3.47. The average molecular weight is 353 g/mol. The number of halogens is 1. The smallest absolute Gasteiger partial charge is 0.336 e. The lowest BCUT2D eigenvalue weighted by Gasteiger charge is -2.11. The first-order valence-electron chi connectivity index (χ1n) is 7.69. The molecule has 130 valence electrons. The van der Waals surface area contributed by atoms with Crippen LogP contribution in [0.4, 0.5) is 4.39 Å². The van der Waals surface area contributed by atoms with Crippen LogP contribution in [-0.4, -0.2) is 15.0 Å². The van der Waals surface area contributed by atoms with Crippen molar-refractivity contribution in [2.24, 2.45) is 5.73 Å². The standard InChI is InChI=1S/C18H12FN3O4/c19-11-6-2-3-7-12(11)22-17(24)16-15(21(18(22)25)9-14(20)23)10-5-1-4-8-13(10)26-16/h1-8H,9H2,(H2,20,23). The first-order valence-corrected chi connectivity index (χ1v) is 7.69. The molecule has 0 atom stereocenters. The van der Waals surface area contributed by atoms with Gasteiger partial charge in [0.2, 0.25) is 11.5 Å². The largest absolute Gasteiger partial charge is 0.449 e. The molecule has 4 rings (SSSR count). The Balaban J connectivity index is 2.24. The minimum absolute atomic E-state index is 0.155. The number of carbonyl (C=O) groups excluding carboxylic acids is 1. The normalized spacial score (nSPS) is 11.3. The third-order valence-electron chi connectivity index (χ3n) is 4.07. The molecule has 8 heteroatoms. The van der Waals surface area contributed by atoms with E-state index in [0.29, 0.717) is 15.5 Å². The van der Waals surface area contributed by atoms with Gasteiger partial charge in [0.1, 0.15) is 23.5 Å². The molecule has 0 saturated carbocycles. The summed E-state index contributed by atoms with van der Waals surface area (Å²) in [6.45, 7) is -0.479. The number of benzene rings is 2. The number of nitrogens with two attached hydrogens (primary N) is 1. The predicted octanol–water partition coefficient (Wildman–Crippen LogP) is 1.52. The summed E-state index contributed by atoms with van der Waals surface area (Å²) < 4.78 is 21.5. The van der Waals surface area contributed by atoms with Crippen LogP contribution in [0.5, 0.6) is 0 Å². The maximum Gasteiger partial charge on any atom is 0.336 e. The van der Waals surface area contributed by atoms with Gasteiger partial charge < -0.3 is 10.2 Å². The molecule has 0 radical (unpaired) electrons. The van der Waals surface area contributed by atoms with Crippen LogP contribution >= 0.6 is 0 Å². The van der Waals surface area contributed by atoms with E-state index in [0.717, 1.165) is 10.6 Å². The molecule has 0 aliphatic heterocycles. The molecule has 2 N–H and O–H groups in total. The van der Waals surface area contributed by atoms with E-state index >= 15 is 0 Å². The Bertz CT molecular complexity index is 1300. The topological polar surface area (TPSA) is 100 Å². The van der Waals surface area contributed by atoms with Crippen LogP contribution in [0.1, 0.15) is 0 Å².